The molecule has 1 aromatic rings. The molecule has 1 aromatic carbocycles. The molecule has 1 aliphatic rings. The summed E-state index contributed by atoms with van der Waals surface area (Å²) in [5.41, 5.74) is 1.31. The molecule has 0 aromatic heterocycles. The lowest BCUT2D eigenvalue weighted by atomic mass is 10.0. The fourth-order valence-corrected chi connectivity index (χ4v) is 1.68. The molecule has 2 rings (SSSR count). The highest BCUT2D eigenvalue weighted by molar-refractivity contribution is 5.35. The van der Waals surface area contributed by atoms with E-state index >= 15 is 0 Å². The van der Waals surface area contributed by atoms with E-state index < -0.39 is 0 Å². The van der Waals surface area contributed by atoms with Crippen LogP contribution in [0.1, 0.15) is 12.0 Å². The van der Waals surface area contributed by atoms with Gasteiger partial charge in [0, 0.05) is 7.11 Å². The van der Waals surface area contributed by atoms with Crippen molar-refractivity contribution < 1.29 is 9.47 Å². The minimum absolute atomic E-state index is 0.236. The van der Waals surface area contributed by atoms with Gasteiger partial charge in [0.15, 0.2) is 0 Å². The Morgan fingerprint density at radius 1 is 1.46 bits per heavy atom. The fraction of sp³-hybridized carbons (Fsp3) is 0.455. The van der Waals surface area contributed by atoms with E-state index in [1.54, 1.807) is 7.11 Å². The second kappa shape index (κ2) is 3.79. The average Bonchev–Trinajstić information content (AvgIpc) is 2.18. The predicted octanol–water partition coefficient (Wildman–Crippen LogP) is 2.03. The number of benzene rings is 1. The Bertz CT molecular complexity index is 283. The number of methoxy groups -OCH3 is 1. The SMILES string of the molecule is COCC1CCc2ccccc2O1. The van der Waals surface area contributed by atoms with Crippen LogP contribution in [0.2, 0.25) is 0 Å². The summed E-state index contributed by atoms with van der Waals surface area (Å²) in [5.74, 6) is 1.02. The molecule has 1 heterocycles. The van der Waals surface area contributed by atoms with E-state index in [0.717, 1.165) is 18.6 Å². The molecule has 1 unspecified atom stereocenters. The minimum atomic E-state index is 0.236. The van der Waals surface area contributed by atoms with Crippen molar-refractivity contribution in [1.82, 2.24) is 0 Å². The van der Waals surface area contributed by atoms with Crippen LogP contribution in [0.5, 0.6) is 5.75 Å². The Kier molecular flexibility index (Phi) is 2.50. The van der Waals surface area contributed by atoms with Crippen LogP contribution < -0.4 is 4.74 Å². The van der Waals surface area contributed by atoms with E-state index in [0.29, 0.717) is 6.61 Å². The summed E-state index contributed by atoms with van der Waals surface area (Å²) < 4.78 is 10.8. The molecule has 0 radical (unpaired) electrons. The van der Waals surface area contributed by atoms with E-state index in [1.165, 1.54) is 5.56 Å². The first-order valence-electron chi connectivity index (χ1n) is 4.63. The van der Waals surface area contributed by atoms with Crippen LogP contribution in [0.4, 0.5) is 0 Å². The molecule has 0 saturated heterocycles. The number of rotatable bonds is 2. The van der Waals surface area contributed by atoms with Crippen molar-refractivity contribution in [3.8, 4) is 5.75 Å². The molecule has 2 heteroatoms. The highest BCUT2D eigenvalue weighted by atomic mass is 16.5. The standard InChI is InChI=1S/C11H14O2/c1-12-8-10-7-6-9-4-2-3-5-11(9)13-10/h2-5,10H,6-8H2,1H3. The summed E-state index contributed by atoms with van der Waals surface area (Å²) in [5, 5.41) is 0. The summed E-state index contributed by atoms with van der Waals surface area (Å²) in [4.78, 5) is 0. The smallest absolute Gasteiger partial charge is 0.123 e. The average molecular weight is 178 g/mol. The van der Waals surface area contributed by atoms with Crippen molar-refractivity contribution in [1.29, 1.82) is 0 Å². The van der Waals surface area contributed by atoms with Gasteiger partial charge in [-0.25, -0.2) is 0 Å². The summed E-state index contributed by atoms with van der Waals surface area (Å²) in [6.45, 7) is 0.689. The Balaban J connectivity index is 2.11. The summed E-state index contributed by atoms with van der Waals surface area (Å²) >= 11 is 0. The van der Waals surface area contributed by atoms with Gasteiger partial charge in [-0.05, 0) is 24.5 Å². The van der Waals surface area contributed by atoms with Crippen molar-refractivity contribution in [3.05, 3.63) is 29.8 Å². The van der Waals surface area contributed by atoms with Crippen LogP contribution in [0.25, 0.3) is 0 Å². The maximum Gasteiger partial charge on any atom is 0.123 e. The van der Waals surface area contributed by atoms with Gasteiger partial charge in [0.25, 0.3) is 0 Å². The Morgan fingerprint density at radius 3 is 3.15 bits per heavy atom. The third-order valence-electron chi connectivity index (χ3n) is 2.35. The third-order valence-corrected chi connectivity index (χ3v) is 2.35. The maximum atomic E-state index is 5.75. The van der Waals surface area contributed by atoms with Crippen LogP contribution in [0.15, 0.2) is 24.3 Å². The molecule has 0 spiro atoms. The van der Waals surface area contributed by atoms with Gasteiger partial charge in [-0.2, -0.15) is 0 Å². The van der Waals surface area contributed by atoms with Crippen LogP contribution >= 0.6 is 0 Å². The Morgan fingerprint density at radius 2 is 2.31 bits per heavy atom. The van der Waals surface area contributed by atoms with Gasteiger partial charge in [-0.1, -0.05) is 18.2 Å². The summed E-state index contributed by atoms with van der Waals surface area (Å²) in [7, 11) is 1.71. The molecular weight excluding hydrogens is 164 g/mol. The molecular formula is C11H14O2. The first-order valence-corrected chi connectivity index (χ1v) is 4.63. The quantitative estimate of drug-likeness (QED) is 0.689. The Hall–Kier alpha value is -1.02. The zero-order valence-corrected chi connectivity index (χ0v) is 7.82. The summed E-state index contributed by atoms with van der Waals surface area (Å²) in [6.07, 6.45) is 2.40. The van der Waals surface area contributed by atoms with Crippen LogP contribution in [0.3, 0.4) is 0 Å². The number of aryl methyl sites for hydroxylation is 1. The van der Waals surface area contributed by atoms with Crippen molar-refractivity contribution in [2.24, 2.45) is 0 Å². The van der Waals surface area contributed by atoms with Gasteiger partial charge in [0.05, 0.1) is 6.61 Å². The van der Waals surface area contributed by atoms with E-state index in [4.69, 9.17) is 9.47 Å². The molecule has 1 atom stereocenters. The van der Waals surface area contributed by atoms with E-state index in [1.807, 2.05) is 12.1 Å². The second-order valence-electron chi connectivity index (χ2n) is 3.34. The number of hydrogen-bond donors (Lipinski definition) is 0. The molecule has 2 nitrogen and oxygen atoms in total. The van der Waals surface area contributed by atoms with Crippen molar-refractivity contribution in [3.63, 3.8) is 0 Å². The Labute approximate surface area is 78.5 Å². The van der Waals surface area contributed by atoms with Gasteiger partial charge in [0.1, 0.15) is 11.9 Å². The van der Waals surface area contributed by atoms with E-state index in [2.05, 4.69) is 12.1 Å². The van der Waals surface area contributed by atoms with Crippen molar-refractivity contribution in [2.75, 3.05) is 13.7 Å². The number of hydrogen-bond acceptors (Lipinski definition) is 2. The lowest BCUT2D eigenvalue weighted by Crippen LogP contribution is -2.26. The zero-order valence-electron chi connectivity index (χ0n) is 7.82. The molecule has 0 saturated carbocycles. The highest BCUT2D eigenvalue weighted by Crippen LogP contribution is 2.26. The molecule has 0 bridgehead atoms. The predicted molar refractivity (Wildman–Crippen MR) is 51.1 cm³/mol. The molecule has 1 aliphatic heterocycles. The van der Waals surface area contributed by atoms with Crippen LogP contribution in [0, 0.1) is 0 Å². The number of ether oxygens (including phenoxy) is 2. The first-order chi connectivity index (χ1) is 6.40. The molecule has 70 valence electrons. The van der Waals surface area contributed by atoms with Gasteiger partial charge in [-0.3, -0.25) is 0 Å². The first kappa shape index (κ1) is 8.57. The van der Waals surface area contributed by atoms with Gasteiger partial charge in [-0.15, -0.1) is 0 Å². The van der Waals surface area contributed by atoms with Gasteiger partial charge in [0.2, 0.25) is 0 Å². The zero-order chi connectivity index (χ0) is 9.10. The van der Waals surface area contributed by atoms with E-state index in [-0.39, 0.29) is 6.10 Å². The molecule has 13 heavy (non-hydrogen) atoms. The normalized spacial score (nSPS) is 20.5. The second-order valence-corrected chi connectivity index (χ2v) is 3.34. The van der Waals surface area contributed by atoms with Crippen molar-refractivity contribution in [2.45, 2.75) is 18.9 Å². The van der Waals surface area contributed by atoms with Gasteiger partial charge >= 0.3 is 0 Å². The largest absolute Gasteiger partial charge is 0.488 e. The lowest BCUT2D eigenvalue weighted by molar-refractivity contribution is 0.0677. The number of fused-ring (bicyclic) bond motifs is 1. The molecule has 0 amide bonds. The van der Waals surface area contributed by atoms with Crippen molar-refractivity contribution >= 4 is 0 Å². The maximum absolute atomic E-state index is 5.75. The third kappa shape index (κ3) is 1.83. The minimum Gasteiger partial charge on any atom is -0.488 e. The molecule has 0 aliphatic carbocycles. The topological polar surface area (TPSA) is 18.5 Å². The van der Waals surface area contributed by atoms with Crippen LogP contribution in [-0.2, 0) is 11.2 Å². The fourth-order valence-electron chi connectivity index (χ4n) is 1.68. The number of para-hydroxylation sites is 1. The monoisotopic (exact) mass is 178 g/mol. The summed E-state index contributed by atoms with van der Waals surface area (Å²) in [6, 6.07) is 8.21. The lowest BCUT2D eigenvalue weighted by Gasteiger charge is -2.25. The molecule has 0 fully saturated rings. The van der Waals surface area contributed by atoms with E-state index in [9.17, 15) is 0 Å². The molecule has 0 N–H and O–H groups in total. The van der Waals surface area contributed by atoms with Gasteiger partial charge < -0.3 is 9.47 Å². The van der Waals surface area contributed by atoms with Crippen LogP contribution in [-0.4, -0.2) is 19.8 Å². The highest BCUT2D eigenvalue weighted by Gasteiger charge is 2.18.